The summed E-state index contributed by atoms with van der Waals surface area (Å²) in [6, 6.07) is 11.7. The second-order valence-corrected chi connectivity index (χ2v) is 6.79. The molecule has 28 heavy (non-hydrogen) atoms. The Morgan fingerprint density at radius 3 is 2.75 bits per heavy atom. The number of hydrogen-bond acceptors (Lipinski definition) is 6. The van der Waals surface area contributed by atoms with Crippen LogP contribution in [0.25, 0.3) is 11.2 Å². The quantitative estimate of drug-likeness (QED) is 0.655. The third-order valence-electron chi connectivity index (χ3n) is 4.91. The van der Waals surface area contributed by atoms with Crippen LogP contribution in [0.1, 0.15) is 24.1 Å². The molecule has 3 heterocycles. The lowest BCUT2D eigenvalue weighted by atomic mass is 10.2. The predicted octanol–water partition coefficient (Wildman–Crippen LogP) is 2.91. The summed E-state index contributed by atoms with van der Waals surface area (Å²) in [5, 5.41) is 0. The molecule has 0 amide bonds. The highest BCUT2D eigenvalue weighted by Crippen LogP contribution is 2.20. The van der Waals surface area contributed by atoms with Gasteiger partial charge in [-0.05, 0) is 68.8 Å². The number of pyridine rings is 1. The van der Waals surface area contributed by atoms with Gasteiger partial charge < -0.3 is 14.4 Å². The van der Waals surface area contributed by atoms with Crippen LogP contribution in [0.15, 0.2) is 42.6 Å². The lowest BCUT2D eigenvalue weighted by molar-refractivity contribution is 0.193. The Bertz CT molecular complexity index is 1020. The first-order valence-corrected chi connectivity index (χ1v) is 9.35. The zero-order valence-electron chi connectivity index (χ0n) is 16.1. The van der Waals surface area contributed by atoms with E-state index in [0.717, 1.165) is 24.3 Å². The van der Waals surface area contributed by atoms with Gasteiger partial charge in [0.1, 0.15) is 17.9 Å². The van der Waals surface area contributed by atoms with Gasteiger partial charge in [0.05, 0.1) is 7.11 Å². The number of hydrogen-bond donors (Lipinski definition) is 0. The van der Waals surface area contributed by atoms with E-state index in [0.29, 0.717) is 35.4 Å². The minimum absolute atomic E-state index is 0.397. The third-order valence-corrected chi connectivity index (χ3v) is 4.91. The van der Waals surface area contributed by atoms with E-state index in [9.17, 15) is 0 Å². The summed E-state index contributed by atoms with van der Waals surface area (Å²) in [5.74, 6) is 7.49. The number of rotatable bonds is 4. The van der Waals surface area contributed by atoms with Crippen molar-refractivity contribution in [3.63, 3.8) is 0 Å². The Balaban J connectivity index is 1.63. The Morgan fingerprint density at radius 1 is 1.14 bits per heavy atom. The average Bonchev–Trinajstić information content (AvgIpc) is 3.15. The van der Waals surface area contributed by atoms with Crippen LogP contribution >= 0.6 is 0 Å². The van der Waals surface area contributed by atoms with Gasteiger partial charge in [-0.2, -0.15) is 0 Å². The summed E-state index contributed by atoms with van der Waals surface area (Å²) in [7, 11) is 3.77. The van der Waals surface area contributed by atoms with Crippen LogP contribution in [0.3, 0.4) is 0 Å². The first kappa shape index (κ1) is 18.2. The van der Waals surface area contributed by atoms with Gasteiger partial charge in [-0.3, -0.25) is 0 Å². The standard InChI is InChI=1S/C22H22N4O2/c1-26-14-4-5-17(26)15-28-22-20(24-21-19(25-22)6-3-13-23-21)12-9-16-7-10-18(27-2)11-8-16/h3,6-8,10-11,13,17H,4-5,14-15H2,1-2H3/t17-/m0/s1. The van der Waals surface area contributed by atoms with Gasteiger partial charge in [-0.15, -0.1) is 0 Å². The number of nitrogens with zero attached hydrogens (tertiary/aromatic N) is 4. The number of fused-ring (bicyclic) bond motifs is 1. The molecule has 6 nitrogen and oxygen atoms in total. The molecule has 3 aromatic rings. The molecule has 1 aliphatic rings. The highest BCUT2D eigenvalue weighted by atomic mass is 16.5. The molecule has 1 aliphatic heterocycles. The Labute approximate surface area is 164 Å². The van der Waals surface area contributed by atoms with Crippen molar-refractivity contribution in [2.45, 2.75) is 18.9 Å². The van der Waals surface area contributed by atoms with Crippen molar-refractivity contribution >= 4 is 11.2 Å². The van der Waals surface area contributed by atoms with Crippen molar-refractivity contribution in [2.24, 2.45) is 0 Å². The number of ether oxygens (including phenoxy) is 2. The minimum atomic E-state index is 0.397. The monoisotopic (exact) mass is 374 g/mol. The largest absolute Gasteiger partial charge is 0.497 e. The lowest BCUT2D eigenvalue weighted by Gasteiger charge is -2.19. The Hall–Kier alpha value is -3.17. The molecule has 4 rings (SSSR count). The van der Waals surface area contributed by atoms with Crippen LogP contribution in [0.2, 0.25) is 0 Å². The summed E-state index contributed by atoms with van der Waals surface area (Å²) < 4.78 is 11.2. The fourth-order valence-electron chi connectivity index (χ4n) is 3.23. The van der Waals surface area contributed by atoms with Crippen molar-refractivity contribution in [1.29, 1.82) is 0 Å². The fraction of sp³-hybridized carbons (Fsp3) is 0.318. The smallest absolute Gasteiger partial charge is 0.249 e. The van der Waals surface area contributed by atoms with Gasteiger partial charge in [0.15, 0.2) is 11.3 Å². The van der Waals surface area contributed by atoms with Gasteiger partial charge in [-0.1, -0.05) is 5.92 Å². The van der Waals surface area contributed by atoms with Gasteiger partial charge in [-0.25, -0.2) is 15.0 Å². The van der Waals surface area contributed by atoms with E-state index in [-0.39, 0.29) is 0 Å². The van der Waals surface area contributed by atoms with Crippen LogP contribution in [-0.2, 0) is 0 Å². The predicted molar refractivity (Wildman–Crippen MR) is 107 cm³/mol. The molecule has 0 aliphatic carbocycles. The number of aromatic nitrogens is 3. The zero-order valence-corrected chi connectivity index (χ0v) is 16.1. The number of benzene rings is 1. The van der Waals surface area contributed by atoms with E-state index < -0.39 is 0 Å². The van der Waals surface area contributed by atoms with E-state index in [1.54, 1.807) is 13.3 Å². The second-order valence-electron chi connectivity index (χ2n) is 6.79. The summed E-state index contributed by atoms with van der Waals surface area (Å²) in [5.41, 5.74) is 2.63. The molecule has 2 aromatic heterocycles. The van der Waals surface area contributed by atoms with Crippen molar-refractivity contribution < 1.29 is 9.47 Å². The molecule has 1 atom stereocenters. The van der Waals surface area contributed by atoms with E-state index in [1.165, 1.54) is 6.42 Å². The summed E-state index contributed by atoms with van der Waals surface area (Å²) in [4.78, 5) is 15.8. The number of likely N-dealkylation sites (tertiary alicyclic amines) is 1. The molecule has 1 fully saturated rings. The number of methoxy groups -OCH3 is 1. The average molecular weight is 374 g/mol. The van der Waals surface area contributed by atoms with Crippen molar-refractivity contribution in [1.82, 2.24) is 19.9 Å². The maximum Gasteiger partial charge on any atom is 0.249 e. The van der Waals surface area contributed by atoms with Gasteiger partial charge >= 0.3 is 0 Å². The van der Waals surface area contributed by atoms with Crippen molar-refractivity contribution in [3.05, 3.63) is 53.9 Å². The first-order chi connectivity index (χ1) is 13.7. The summed E-state index contributed by atoms with van der Waals surface area (Å²) >= 11 is 0. The normalized spacial score (nSPS) is 16.6. The second kappa shape index (κ2) is 8.24. The van der Waals surface area contributed by atoms with E-state index >= 15 is 0 Å². The van der Waals surface area contributed by atoms with Gasteiger partial charge in [0.2, 0.25) is 5.88 Å². The third kappa shape index (κ3) is 4.05. The summed E-state index contributed by atoms with van der Waals surface area (Å²) in [6.45, 7) is 1.68. The maximum atomic E-state index is 6.06. The topological polar surface area (TPSA) is 60.4 Å². The van der Waals surface area contributed by atoms with Crippen LogP contribution in [0, 0.1) is 11.8 Å². The van der Waals surface area contributed by atoms with Crippen LogP contribution < -0.4 is 9.47 Å². The number of likely N-dealkylation sites (N-methyl/N-ethyl adjacent to an activating group) is 1. The molecule has 0 N–H and O–H groups in total. The SMILES string of the molecule is COc1ccc(C#Cc2nc3ncccc3nc2OC[C@@H]2CCCN2C)cc1. The Kier molecular flexibility index (Phi) is 5.36. The van der Waals surface area contributed by atoms with E-state index in [4.69, 9.17) is 9.47 Å². The van der Waals surface area contributed by atoms with Crippen LogP contribution in [-0.4, -0.2) is 53.2 Å². The zero-order chi connectivity index (χ0) is 19.3. The molecule has 1 aromatic carbocycles. The molecular formula is C22H22N4O2. The van der Waals surface area contributed by atoms with Crippen molar-refractivity contribution in [3.8, 4) is 23.5 Å². The summed E-state index contributed by atoms with van der Waals surface area (Å²) in [6.07, 6.45) is 4.03. The highest BCUT2D eigenvalue weighted by molar-refractivity contribution is 5.71. The lowest BCUT2D eigenvalue weighted by Crippen LogP contribution is -2.30. The molecule has 0 unspecified atom stereocenters. The molecule has 0 radical (unpaired) electrons. The molecule has 1 saturated heterocycles. The molecule has 0 spiro atoms. The van der Waals surface area contributed by atoms with Gasteiger partial charge in [0.25, 0.3) is 0 Å². The van der Waals surface area contributed by atoms with Crippen LogP contribution in [0.5, 0.6) is 11.6 Å². The molecule has 142 valence electrons. The fourth-order valence-corrected chi connectivity index (χ4v) is 3.23. The van der Waals surface area contributed by atoms with Crippen LogP contribution in [0.4, 0.5) is 0 Å². The molecule has 0 saturated carbocycles. The molecule has 6 heteroatoms. The van der Waals surface area contributed by atoms with Crippen molar-refractivity contribution in [2.75, 3.05) is 27.3 Å². The van der Waals surface area contributed by atoms with E-state index in [1.807, 2.05) is 36.4 Å². The highest BCUT2D eigenvalue weighted by Gasteiger charge is 2.22. The van der Waals surface area contributed by atoms with E-state index in [2.05, 4.69) is 38.7 Å². The Morgan fingerprint density at radius 2 is 2.00 bits per heavy atom. The molecular weight excluding hydrogens is 352 g/mol. The van der Waals surface area contributed by atoms with Gasteiger partial charge in [0, 0.05) is 17.8 Å². The molecule has 0 bridgehead atoms. The minimum Gasteiger partial charge on any atom is -0.497 e. The first-order valence-electron chi connectivity index (χ1n) is 9.35. The maximum absolute atomic E-state index is 6.06.